The van der Waals surface area contributed by atoms with Crippen molar-refractivity contribution in [1.82, 2.24) is 14.9 Å². The summed E-state index contributed by atoms with van der Waals surface area (Å²) >= 11 is 0. The van der Waals surface area contributed by atoms with Gasteiger partial charge < -0.3 is 23.9 Å². The van der Waals surface area contributed by atoms with Crippen LogP contribution in [-0.2, 0) is 6.61 Å². The van der Waals surface area contributed by atoms with Gasteiger partial charge in [-0.15, -0.1) is 13.2 Å². The molecule has 0 unspecified atom stereocenters. The van der Waals surface area contributed by atoms with Gasteiger partial charge in [0.2, 0.25) is 11.8 Å². The first-order chi connectivity index (χ1) is 12.7. The number of nitrogens with zero attached hydrogens (tertiary/aromatic N) is 3. The lowest BCUT2D eigenvalue weighted by atomic mass is 10.3. The van der Waals surface area contributed by atoms with Crippen LogP contribution >= 0.6 is 0 Å². The molecule has 3 heterocycles. The van der Waals surface area contributed by atoms with E-state index < -0.39 is 30.4 Å². The normalized spacial score (nSPS) is 20.0. The number of amides is 1. The van der Waals surface area contributed by atoms with Gasteiger partial charge in [0.05, 0.1) is 19.3 Å². The van der Waals surface area contributed by atoms with Crippen molar-refractivity contribution in [1.29, 1.82) is 0 Å². The van der Waals surface area contributed by atoms with E-state index in [4.69, 9.17) is 9.15 Å². The molecule has 2 aromatic rings. The smallest absolute Gasteiger partial charge is 0.482 e. The highest BCUT2D eigenvalue weighted by atomic mass is 19.4. The van der Waals surface area contributed by atoms with Crippen molar-refractivity contribution < 1.29 is 41.4 Å². The summed E-state index contributed by atoms with van der Waals surface area (Å²) in [5.41, 5.74) is -0.0815. The van der Waals surface area contributed by atoms with E-state index in [0.29, 0.717) is 0 Å². The summed E-state index contributed by atoms with van der Waals surface area (Å²) in [6.07, 6.45) is -5.51. The first-order valence-electron chi connectivity index (χ1n) is 7.61. The predicted molar refractivity (Wildman–Crippen MR) is 78.6 cm³/mol. The minimum atomic E-state index is -4.84. The summed E-state index contributed by atoms with van der Waals surface area (Å²) in [6.45, 7) is -0.601. The maximum absolute atomic E-state index is 13.3. The molecular formula is C15H13F4N3O5. The molecule has 2 aromatic heterocycles. The Morgan fingerprint density at radius 3 is 2.74 bits per heavy atom. The Balaban J connectivity index is 1.54. The third kappa shape index (κ3) is 4.84. The minimum absolute atomic E-state index is 0.0190. The van der Waals surface area contributed by atoms with Gasteiger partial charge in [0, 0.05) is 6.07 Å². The average Bonchev–Trinajstić information content (AvgIpc) is 3.19. The number of hydrogen-bond acceptors (Lipinski definition) is 7. The van der Waals surface area contributed by atoms with Crippen LogP contribution in [-0.4, -0.2) is 57.6 Å². The first-order valence-corrected chi connectivity index (χ1v) is 7.61. The third-order valence-electron chi connectivity index (χ3n) is 3.57. The molecule has 2 atom stereocenters. The molecule has 27 heavy (non-hydrogen) atoms. The second-order valence-corrected chi connectivity index (χ2v) is 5.59. The Labute approximate surface area is 149 Å². The predicted octanol–water partition coefficient (Wildman–Crippen LogP) is 1.70. The molecular weight excluding hydrogens is 378 g/mol. The van der Waals surface area contributed by atoms with Crippen molar-refractivity contribution >= 4 is 5.91 Å². The van der Waals surface area contributed by atoms with Gasteiger partial charge >= 0.3 is 6.36 Å². The number of likely N-dealkylation sites (tertiary alicyclic amines) is 1. The van der Waals surface area contributed by atoms with Crippen molar-refractivity contribution in [2.45, 2.75) is 25.2 Å². The van der Waals surface area contributed by atoms with Crippen LogP contribution in [0, 0.1) is 0 Å². The standard InChI is InChI=1S/C15H13F4N3O5/c16-9-4-22(5-11(9)23)14(24)10-6-26-13(21-10)7-25-8-1-2-12(20-3-8)27-15(17,18)19/h1-3,6,9,11,23H,4-5,7H2/t9-,11+/m1/s1. The number of carbonyl (C=O) groups excluding carboxylic acids is 1. The zero-order chi connectivity index (χ0) is 19.6. The van der Waals surface area contributed by atoms with Gasteiger partial charge in [-0.25, -0.2) is 14.4 Å². The Bertz CT molecular complexity index is 785. The monoisotopic (exact) mass is 391 g/mol. The Kier molecular flexibility index (Phi) is 5.17. The molecule has 0 saturated carbocycles. The minimum Gasteiger partial charge on any atom is -0.482 e. The third-order valence-corrected chi connectivity index (χ3v) is 3.57. The molecule has 0 spiro atoms. The van der Waals surface area contributed by atoms with Crippen LogP contribution in [0.25, 0.3) is 0 Å². The van der Waals surface area contributed by atoms with Crippen LogP contribution in [0.1, 0.15) is 16.4 Å². The number of carbonyl (C=O) groups is 1. The zero-order valence-electron chi connectivity index (χ0n) is 13.5. The van der Waals surface area contributed by atoms with Gasteiger partial charge in [0.1, 0.15) is 24.3 Å². The molecule has 8 nitrogen and oxygen atoms in total. The van der Waals surface area contributed by atoms with E-state index >= 15 is 0 Å². The summed E-state index contributed by atoms with van der Waals surface area (Å²) < 4.78 is 63.4. The van der Waals surface area contributed by atoms with Crippen molar-refractivity contribution in [3.8, 4) is 11.6 Å². The van der Waals surface area contributed by atoms with Crippen LogP contribution in [0.4, 0.5) is 17.6 Å². The fourth-order valence-corrected chi connectivity index (χ4v) is 2.33. The van der Waals surface area contributed by atoms with E-state index in [-0.39, 0.29) is 37.0 Å². The van der Waals surface area contributed by atoms with E-state index in [2.05, 4.69) is 14.7 Å². The van der Waals surface area contributed by atoms with Gasteiger partial charge in [-0.1, -0.05) is 0 Å². The number of oxazole rings is 1. The Hall–Kier alpha value is -2.89. The number of hydrogen-bond donors (Lipinski definition) is 1. The summed E-state index contributed by atoms with van der Waals surface area (Å²) in [5.74, 6) is -1.10. The molecule has 0 radical (unpaired) electrons. The topological polar surface area (TPSA) is 97.9 Å². The largest absolute Gasteiger partial charge is 0.574 e. The maximum atomic E-state index is 13.3. The highest BCUT2D eigenvalue weighted by Gasteiger charge is 2.35. The van der Waals surface area contributed by atoms with Crippen LogP contribution in [0.5, 0.6) is 11.6 Å². The number of aliphatic hydroxyl groups excluding tert-OH is 1. The highest BCUT2D eigenvalue weighted by Crippen LogP contribution is 2.22. The quantitative estimate of drug-likeness (QED) is 0.775. The molecule has 1 aliphatic heterocycles. The number of aromatic nitrogens is 2. The molecule has 1 aliphatic rings. The van der Waals surface area contributed by atoms with E-state index in [9.17, 15) is 27.5 Å². The zero-order valence-corrected chi connectivity index (χ0v) is 13.5. The van der Waals surface area contributed by atoms with Gasteiger partial charge in [0.15, 0.2) is 12.3 Å². The molecule has 1 saturated heterocycles. The van der Waals surface area contributed by atoms with Crippen LogP contribution in [0.15, 0.2) is 29.0 Å². The lowest BCUT2D eigenvalue weighted by molar-refractivity contribution is -0.276. The average molecular weight is 391 g/mol. The van der Waals surface area contributed by atoms with Gasteiger partial charge in [-0.05, 0) is 6.07 Å². The van der Waals surface area contributed by atoms with E-state index in [1.54, 1.807) is 0 Å². The SMILES string of the molecule is O=C(c1coc(COc2ccc(OC(F)(F)F)nc2)n1)N1C[C@@H](F)[C@@H](O)C1. The molecule has 1 N–H and O–H groups in total. The molecule has 1 fully saturated rings. The Morgan fingerprint density at radius 2 is 2.15 bits per heavy atom. The van der Waals surface area contributed by atoms with E-state index in [1.165, 1.54) is 6.07 Å². The maximum Gasteiger partial charge on any atom is 0.574 e. The molecule has 0 aromatic carbocycles. The number of ether oxygens (including phenoxy) is 2. The molecule has 12 heteroatoms. The molecule has 146 valence electrons. The summed E-state index contributed by atoms with van der Waals surface area (Å²) in [4.78, 5) is 20.6. The van der Waals surface area contributed by atoms with Crippen molar-refractivity contribution in [2.24, 2.45) is 0 Å². The molecule has 0 bridgehead atoms. The van der Waals surface area contributed by atoms with Crippen LogP contribution in [0.2, 0.25) is 0 Å². The van der Waals surface area contributed by atoms with Gasteiger partial charge in [-0.3, -0.25) is 4.79 Å². The van der Waals surface area contributed by atoms with Crippen molar-refractivity contribution in [3.63, 3.8) is 0 Å². The van der Waals surface area contributed by atoms with Gasteiger partial charge in [0.25, 0.3) is 5.91 Å². The molecule has 1 amide bonds. The number of β-amino-alcohol motifs (C(OH)–C–C–N with tert-alkyl or cyclic N) is 1. The summed E-state index contributed by atoms with van der Waals surface area (Å²) in [7, 11) is 0. The molecule has 0 aliphatic carbocycles. The fourth-order valence-electron chi connectivity index (χ4n) is 2.33. The first kappa shape index (κ1) is 18.9. The summed E-state index contributed by atoms with van der Waals surface area (Å²) in [6, 6.07) is 2.18. The Morgan fingerprint density at radius 1 is 1.37 bits per heavy atom. The second kappa shape index (κ2) is 7.39. The van der Waals surface area contributed by atoms with Crippen LogP contribution < -0.4 is 9.47 Å². The fraction of sp³-hybridized carbons (Fsp3) is 0.400. The van der Waals surface area contributed by atoms with E-state index in [1.807, 2.05) is 0 Å². The second-order valence-electron chi connectivity index (χ2n) is 5.59. The number of aliphatic hydroxyl groups is 1. The number of halogens is 4. The van der Waals surface area contributed by atoms with Gasteiger partial charge in [-0.2, -0.15) is 0 Å². The van der Waals surface area contributed by atoms with E-state index in [0.717, 1.165) is 23.4 Å². The summed E-state index contributed by atoms with van der Waals surface area (Å²) in [5, 5.41) is 9.35. The van der Waals surface area contributed by atoms with Crippen molar-refractivity contribution in [2.75, 3.05) is 13.1 Å². The number of alkyl halides is 4. The number of rotatable bonds is 5. The van der Waals surface area contributed by atoms with Crippen molar-refractivity contribution in [3.05, 3.63) is 36.2 Å². The lowest BCUT2D eigenvalue weighted by Crippen LogP contribution is -2.29. The number of pyridine rings is 1. The lowest BCUT2D eigenvalue weighted by Gasteiger charge is -2.12. The van der Waals surface area contributed by atoms with Crippen LogP contribution in [0.3, 0.4) is 0 Å². The highest BCUT2D eigenvalue weighted by molar-refractivity contribution is 5.92. The molecule has 3 rings (SSSR count).